The van der Waals surface area contributed by atoms with E-state index >= 15 is 0 Å². The standard InChI is InChI=1S/C10H16F7O4P/c1-3-5-6-20-22(18,19-4-2)21-8(13)10(16,17)9(14,15)7(11)12/h7-8H,3-6H2,1-2H3. The zero-order valence-electron chi connectivity index (χ0n) is 11.7. The third-order valence-electron chi connectivity index (χ3n) is 2.26. The summed E-state index contributed by atoms with van der Waals surface area (Å²) >= 11 is 0. The Hall–Kier alpha value is -0.380. The fraction of sp³-hybridized carbons (Fsp3) is 1.00. The number of phosphoric acid groups is 1. The highest BCUT2D eigenvalue weighted by Crippen LogP contribution is 2.54. The van der Waals surface area contributed by atoms with Gasteiger partial charge in [0.1, 0.15) is 0 Å². The molecule has 0 spiro atoms. The average molecular weight is 364 g/mol. The molecule has 0 heterocycles. The van der Waals surface area contributed by atoms with Crippen molar-refractivity contribution in [3.05, 3.63) is 0 Å². The Morgan fingerprint density at radius 2 is 1.55 bits per heavy atom. The molecule has 2 atom stereocenters. The number of unbranched alkanes of at least 4 members (excludes halogenated alkanes) is 1. The van der Waals surface area contributed by atoms with Crippen molar-refractivity contribution in [1.82, 2.24) is 0 Å². The van der Waals surface area contributed by atoms with Crippen LogP contribution in [-0.4, -0.2) is 37.8 Å². The largest absolute Gasteiger partial charge is 0.477 e. The Kier molecular flexibility index (Phi) is 8.32. The van der Waals surface area contributed by atoms with Crippen molar-refractivity contribution in [1.29, 1.82) is 0 Å². The van der Waals surface area contributed by atoms with E-state index in [1.807, 2.05) is 0 Å². The third kappa shape index (κ3) is 5.36. The minimum atomic E-state index is -6.02. The summed E-state index contributed by atoms with van der Waals surface area (Å²) in [6, 6.07) is 0. The maximum absolute atomic E-state index is 13.2. The van der Waals surface area contributed by atoms with Gasteiger partial charge >= 0.3 is 26.1 Å². The Morgan fingerprint density at radius 1 is 1.00 bits per heavy atom. The highest BCUT2D eigenvalue weighted by atomic mass is 31.2. The summed E-state index contributed by atoms with van der Waals surface area (Å²) in [4.78, 5) is 0. The minimum absolute atomic E-state index is 0.265. The van der Waals surface area contributed by atoms with Crippen LogP contribution < -0.4 is 0 Å². The van der Waals surface area contributed by atoms with Gasteiger partial charge in [-0.15, -0.1) is 0 Å². The van der Waals surface area contributed by atoms with Crippen LogP contribution in [0.1, 0.15) is 26.7 Å². The van der Waals surface area contributed by atoms with Gasteiger partial charge in [-0.1, -0.05) is 13.3 Å². The van der Waals surface area contributed by atoms with E-state index in [-0.39, 0.29) is 13.0 Å². The second-order valence-electron chi connectivity index (χ2n) is 4.02. The van der Waals surface area contributed by atoms with Crippen molar-refractivity contribution in [2.75, 3.05) is 13.2 Å². The molecular weight excluding hydrogens is 348 g/mol. The summed E-state index contributed by atoms with van der Waals surface area (Å²) in [7, 11) is -4.93. The lowest BCUT2D eigenvalue weighted by Crippen LogP contribution is -2.53. The van der Waals surface area contributed by atoms with Gasteiger partial charge in [-0.05, 0) is 13.3 Å². The van der Waals surface area contributed by atoms with Crippen LogP contribution in [0.5, 0.6) is 0 Å². The van der Waals surface area contributed by atoms with Gasteiger partial charge in [0.2, 0.25) is 0 Å². The molecule has 12 heteroatoms. The highest BCUT2D eigenvalue weighted by molar-refractivity contribution is 7.48. The van der Waals surface area contributed by atoms with Gasteiger partial charge in [-0.25, -0.2) is 22.3 Å². The van der Waals surface area contributed by atoms with E-state index in [0.717, 1.165) is 0 Å². The Balaban J connectivity index is 5.09. The average Bonchev–Trinajstić information content (AvgIpc) is 2.38. The van der Waals surface area contributed by atoms with Crippen molar-refractivity contribution in [3.63, 3.8) is 0 Å². The Morgan fingerprint density at radius 3 is 1.95 bits per heavy atom. The molecule has 0 aromatic carbocycles. The van der Waals surface area contributed by atoms with Crippen LogP contribution in [0.25, 0.3) is 0 Å². The second kappa shape index (κ2) is 8.47. The van der Waals surface area contributed by atoms with Gasteiger partial charge in [0.25, 0.3) is 6.36 Å². The first kappa shape index (κ1) is 21.6. The molecule has 0 amide bonds. The van der Waals surface area contributed by atoms with Crippen molar-refractivity contribution < 1.29 is 48.9 Å². The van der Waals surface area contributed by atoms with Gasteiger partial charge in [0.15, 0.2) is 0 Å². The number of rotatable bonds is 11. The molecule has 0 N–H and O–H groups in total. The Labute approximate surface area is 122 Å². The van der Waals surface area contributed by atoms with Gasteiger partial charge in [0.05, 0.1) is 13.2 Å². The second-order valence-corrected chi connectivity index (χ2v) is 5.64. The van der Waals surface area contributed by atoms with Crippen LogP contribution in [0.2, 0.25) is 0 Å². The first-order valence-electron chi connectivity index (χ1n) is 6.20. The monoisotopic (exact) mass is 364 g/mol. The molecule has 0 aliphatic carbocycles. The van der Waals surface area contributed by atoms with Crippen molar-refractivity contribution in [2.45, 2.75) is 51.3 Å². The first-order valence-corrected chi connectivity index (χ1v) is 7.66. The van der Waals surface area contributed by atoms with E-state index < -0.39 is 39.1 Å². The van der Waals surface area contributed by atoms with Gasteiger partial charge in [-0.2, -0.15) is 17.6 Å². The van der Waals surface area contributed by atoms with Crippen molar-refractivity contribution >= 4 is 7.82 Å². The molecule has 0 aliphatic heterocycles. The number of phosphoric ester groups is 1. The lowest BCUT2D eigenvalue weighted by molar-refractivity contribution is -0.313. The molecule has 134 valence electrons. The molecule has 0 aromatic rings. The molecule has 0 fully saturated rings. The smallest absolute Gasteiger partial charge is 0.287 e. The number of hydrogen-bond donors (Lipinski definition) is 0. The number of hydrogen-bond acceptors (Lipinski definition) is 4. The lowest BCUT2D eigenvalue weighted by Gasteiger charge is -2.29. The van der Waals surface area contributed by atoms with Crippen LogP contribution in [-0.2, 0) is 18.1 Å². The highest BCUT2D eigenvalue weighted by Gasteiger charge is 2.69. The number of alkyl halides is 7. The molecule has 0 rings (SSSR count). The molecule has 0 saturated carbocycles. The summed E-state index contributed by atoms with van der Waals surface area (Å²) in [5.41, 5.74) is 0. The van der Waals surface area contributed by atoms with Crippen LogP contribution in [0.15, 0.2) is 0 Å². The zero-order valence-corrected chi connectivity index (χ0v) is 12.6. The van der Waals surface area contributed by atoms with Crippen molar-refractivity contribution in [3.8, 4) is 0 Å². The number of halogens is 7. The summed E-state index contributed by atoms with van der Waals surface area (Å²) in [6.07, 6.45) is -8.38. The molecule has 0 aromatic heterocycles. The van der Waals surface area contributed by atoms with Crippen LogP contribution in [0.3, 0.4) is 0 Å². The predicted molar refractivity (Wildman–Crippen MR) is 62.0 cm³/mol. The quantitative estimate of drug-likeness (QED) is 0.300. The molecule has 0 aliphatic rings. The molecule has 0 radical (unpaired) electrons. The fourth-order valence-electron chi connectivity index (χ4n) is 1.05. The normalized spacial score (nSPS) is 17.5. The first-order chi connectivity index (χ1) is 9.94. The van der Waals surface area contributed by atoms with Crippen LogP contribution >= 0.6 is 7.82 Å². The summed E-state index contributed by atoms with van der Waals surface area (Å²) in [6.45, 7) is 2.12. The Bertz CT molecular complexity index is 380. The topological polar surface area (TPSA) is 44.8 Å². The third-order valence-corrected chi connectivity index (χ3v) is 3.78. The molecule has 0 bridgehead atoms. The van der Waals surface area contributed by atoms with Gasteiger partial charge in [0, 0.05) is 0 Å². The van der Waals surface area contributed by atoms with E-state index in [2.05, 4.69) is 13.6 Å². The van der Waals surface area contributed by atoms with E-state index in [0.29, 0.717) is 6.42 Å². The molecule has 22 heavy (non-hydrogen) atoms. The van der Waals surface area contributed by atoms with Gasteiger partial charge < -0.3 is 0 Å². The molecule has 4 nitrogen and oxygen atoms in total. The molecule has 0 saturated heterocycles. The SMILES string of the molecule is CCCCOP(=O)(OCC)OC(F)C(F)(F)C(F)(F)C(F)F. The van der Waals surface area contributed by atoms with E-state index in [4.69, 9.17) is 0 Å². The minimum Gasteiger partial charge on any atom is -0.287 e. The molecule has 2 unspecified atom stereocenters. The summed E-state index contributed by atoms with van der Waals surface area (Å²) in [5.74, 6) is -11.9. The fourth-order valence-corrected chi connectivity index (χ4v) is 2.28. The summed E-state index contributed by atoms with van der Waals surface area (Å²) in [5, 5.41) is 0. The molecular formula is C10H16F7O4P. The van der Waals surface area contributed by atoms with E-state index in [1.165, 1.54) is 6.92 Å². The maximum Gasteiger partial charge on any atom is 0.477 e. The predicted octanol–water partition coefficient (Wildman–Crippen LogP) is 4.80. The van der Waals surface area contributed by atoms with Crippen LogP contribution in [0, 0.1) is 0 Å². The van der Waals surface area contributed by atoms with Gasteiger partial charge in [-0.3, -0.25) is 9.05 Å². The van der Waals surface area contributed by atoms with Crippen LogP contribution in [0.4, 0.5) is 30.7 Å². The van der Waals surface area contributed by atoms with E-state index in [9.17, 15) is 35.3 Å². The lowest BCUT2D eigenvalue weighted by atomic mass is 10.2. The summed E-state index contributed by atoms with van der Waals surface area (Å²) < 4.78 is 113. The maximum atomic E-state index is 13.2. The zero-order chi connectivity index (χ0) is 17.6. The van der Waals surface area contributed by atoms with E-state index in [1.54, 1.807) is 6.92 Å². The van der Waals surface area contributed by atoms with Crippen molar-refractivity contribution in [2.24, 2.45) is 0 Å².